The molecule has 198 valence electrons. The van der Waals surface area contributed by atoms with E-state index < -0.39 is 17.0 Å². The Balaban J connectivity index is 1.54. The molecule has 0 aromatic heterocycles. The molecule has 2 atom stereocenters. The van der Waals surface area contributed by atoms with E-state index in [4.69, 9.17) is 0 Å². The number of carbonyl (C=O) groups excluding carboxylic acids is 2. The number of benzene rings is 2. The summed E-state index contributed by atoms with van der Waals surface area (Å²) in [5, 5.41) is 13.2. The number of hydrogen-bond acceptors (Lipinski definition) is 3. The smallest absolute Gasteiger partial charge is 0.243 e. The highest BCUT2D eigenvalue weighted by Gasteiger charge is 2.37. The van der Waals surface area contributed by atoms with Gasteiger partial charge in [-0.25, -0.2) is 4.39 Å². The Bertz CT molecular complexity index is 1090. The normalized spacial score (nSPS) is 17.3. The molecule has 1 N–H and O–H groups in total. The standard InChI is InChI=1S/C31H40FN3O2/c1-23(2)31(22-33,25-11-6-5-7-12-25)19-9-8-14-28(36)35-20-10-13-27(35)29(37)34-30(3,4)21-24-15-17-26(32)18-16-24/h5-7,11-12,15-18,23,27H,8-10,13-14,19-21H2,1-4H3,(H,34,37)/t27-,31+/m1/s1. The first-order valence-electron chi connectivity index (χ1n) is 13.4. The van der Waals surface area contributed by atoms with Gasteiger partial charge in [-0.1, -0.05) is 62.7 Å². The van der Waals surface area contributed by atoms with Crippen molar-refractivity contribution < 1.29 is 14.0 Å². The summed E-state index contributed by atoms with van der Waals surface area (Å²) < 4.78 is 13.2. The van der Waals surface area contributed by atoms with Crippen LogP contribution in [-0.4, -0.2) is 34.8 Å². The van der Waals surface area contributed by atoms with Gasteiger partial charge in [0.2, 0.25) is 11.8 Å². The molecule has 37 heavy (non-hydrogen) atoms. The van der Waals surface area contributed by atoms with E-state index in [1.54, 1.807) is 17.0 Å². The van der Waals surface area contributed by atoms with Crippen molar-refractivity contribution in [3.05, 3.63) is 71.5 Å². The van der Waals surface area contributed by atoms with Crippen LogP contribution in [0.1, 0.15) is 77.3 Å². The van der Waals surface area contributed by atoms with Crippen LogP contribution in [0.4, 0.5) is 4.39 Å². The average Bonchev–Trinajstić information content (AvgIpc) is 3.36. The Morgan fingerprint density at radius 3 is 2.41 bits per heavy atom. The minimum atomic E-state index is -0.573. The maximum Gasteiger partial charge on any atom is 0.243 e. The zero-order valence-electron chi connectivity index (χ0n) is 22.6. The van der Waals surface area contributed by atoms with E-state index in [1.807, 2.05) is 44.2 Å². The second-order valence-electron chi connectivity index (χ2n) is 11.2. The molecule has 6 heteroatoms. The van der Waals surface area contributed by atoms with E-state index in [0.717, 1.165) is 24.0 Å². The summed E-state index contributed by atoms with van der Waals surface area (Å²) in [6.45, 7) is 8.63. The fraction of sp³-hybridized carbons (Fsp3) is 0.516. The maximum absolute atomic E-state index is 13.2. The first kappa shape index (κ1) is 28.4. The van der Waals surface area contributed by atoms with Crippen LogP contribution in [0.2, 0.25) is 0 Å². The second-order valence-corrected chi connectivity index (χ2v) is 11.2. The van der Waals surface area contributed by atoms with E-state index in [0.29, 0.717) is 38.6 Å². The van der Waals surface area contributed by atoms with Crippen LogP contribution in [-0.2, 0) is 21.4 Å². The van der Waals surface area contributed by atoms with Crippen LogP contribution in [0.15, 0.2) is 54.6 Å². The van der Waals surface area contributed by atoms with Gasteiger partial charge in [0.05, 0.1) is 11.5 Å². The molecule has 1 aliphatic rings. The minimum absolute atomic E-state index is 0.000747. The number of halogens is 1. The summed E-state index contributed by atoms with van der Waals surface area (Å²) in [6.07, 6.45) is 4.55. The summed E-state index contributed by atoms with van der Waals surface area (Å²) in [4.78, 5) is 28.0. The zero-order valence-corrected chi connectivity index (χ0v) is 22.6. The third-order valence-electron chi connectivity index (χ3n) is 7.58. The molecular weight excluding hydrogens is 465 g/mol. The molecule has 2 aromatic rings. The van der Waals surface area contributed by atoms with E-state index in [-0.39, 0.29) is 23.5 Å². The van der Waals surface area contributed by atoms with Gasteiger partial charge in [0.15, 0.2) is 0 Å². The number of nitrogens with zero attached hydrogens (tertiary/aromatic N) is 2. The molecule has 0 aliphatic carbocycles. The van der Waals surface area contributed by atoms with E-state index in [1.165, 1.54) is 12.1 Å². The van der Waals surface area contributed by atoms with Crippen molar-refractivity contribution in [3.8, 4) is 6.07 Å². The van der Waals surface area contributed by atoms with Crippen molar-refractivity contribution in [3.63, 3.8) is 0 Å². The fourth-order valence-corrected chi connectivity index (χ4v) is 5.49. The molecule has 0 spiro atoms. The van der Waals surface area contributed by atoms with Crippen molar-refractivity contribution in [1.29, 1.82) is 5.26 Å². The van der Waals surface area contributed by atoms with Gasteiger partial charge in [0.25, 0.3) is 0 Å². The molecule has 3 rings (SSSR count). The van der Waals surface area contributed by atoms with Crippen molar-refractivity contribution in [2.24, 2.45) is 5.92 Å². The predicted octanol–water partition coefficient (Wildman–Crippen LogP) is 5.93. The Hall–Kier alpha value is -3.20. The lowest BCUT2D eigenvalue weighted by Gasteiger charge is -2.32. The Morgan fingerprint density at radius 1 is 1.11 bits per heavy atom. The van der Waals surface area contributed by atoms with Crippen LogP contribution in [0.5, 0.6) is 0 Å². The first-order valence-corrected chi connectivity index (χ1v) is 13.4. The summed E-state index contributed by atoms with van der Waals surface area (Å²) in [5.41, 5.74) is 0.868. The monoisotopic (exact) mass is 505 g/mol. The lowest BCUT2D eigenvalue weighted by molar-refractivity contribution is -0.139. The fourth-order valence-electron chi connectivity index (χ4n) is 5.49. The van der Waals surface area contributed by atoms with Crippen molar-refractivity contribution in [1.82, 2.24) is 10.2 Å². The van der Waals surface area contributed by atoms with Crippen molar-refractivity contribution in [2.75, 3.05) is 6.54 Å². The van der Waals surface area contributed by atoms with Crippen LogP contribution in [0.3, 0.4) is 0 Å². The number of unbranched alkanes of at least 4 members (excludes halogenated alkanes) is 1. The summed E-state index contributed by atoms with van der Waals surface area (Å²) in [6, 6.07) is 18.3. The quantitative estimate of drug-likeness (QED) is 0.385. The number of likely N-dealkylation sites (tertiary alicyclic amines) is 1. The third kappa shape index (κ3) is 7.19. The van der Waals surface area contributed by atoms with Crippen molar-refractivity contribution in [2.45, 2.75) is 89.6 Å². The number of rotatable bonds is 11. The average molecular weight is 506 g/mol. The predicted molar refractivity (Wildman–Crippen MR) is 144 cm³/mol. The Labute approximate surface area is 221 Å². The number of amides is 2. The highest BCUT2D eigenvalue weighted by molar-refractivity contribution is 5.88. The second kappa shape index (κ2) is 12.4. The van der Waals surface area contributed by atoms with Crippen LogP contribution in [0.25, 0.3) is 0 Å². The molecule has 1 saturated heterocycles. The lowest BCUT2D eigenvalue weighted by Crippen LogP contribution is -2.53. The molecule has 0 unspecified atom stereocenters. The molecular formula is C31H40FN3O2. The minimum Gasteiger partial charge on any atom is -0.349 e. The molecule has 2 aromatic carbocycles. The molecule has 1 heterocycles. The van der Waals surface area contributed by atoms with Gasteiger partial charge >= 0.3 is 0 Å². The molecule has 0 saturated carbocycles. The van der Waals surface area contributed by atoms with Gasteiger partial charge in [-0.05, 0) is 75.1 Å². The van der Waals surface area contributed by atoms with E-state index >= 15 is 0 Å². The van der Waals surface area contributed by atoms with Gasteiger partial charge in [-0.2, -0.15) is 5.26 Å². The summed E-state index contributed by atoms with van der Waals surface area (Å²) in [7, 11) is 0. The van der Waals surface area contributed by atoms with Crippen LogP contribution < -0.4 is 5.32 Å². The lowest BCUT2D eigenvalue weighted by atomic mass is 9.69. The summed E-state index contributed by atoms with van der Waals surface area (Å²) in [5.74, 6) is -0.264. The highest BCUT2D eigenvalue weighted by Crippen LogP contribution is 2.37. The zero-order chi connectivity index (χ0) is 27.1. The number of carbonyl (C=O) groups is 2. The number of nitrogens with one attached hydrogen (secondary N) is 1. The largest absolute Gasteiger partial charge is 0.349 e. The topological polar surface area (TPSA) is 73.2 Å². The molecule has 5 nitrogen and oxygen atoms in total. The number of hydrogen-bond donors (Lipinski definition) is 1. The van der Waals surface area contributed by atoms with Crippen LogP contribution in [0, 0.1) is 23.1 Å². The van der Waals surface area contributed by atoms with Gasteiger partial charge in [-0.3, -0.25) is 9.59 Å². The Morgan fingerprint density at radius 2 is 1.78 bits per heavy atom. The van der Waals surface area contributed by atoms with Crippen LogP contribution >= 0.6 is 0 Å². The van der Waals surface area contributed by atoms with Gasteiger partial charge in [0.1, 0.15) is 11.9 Å². The van der Waals surface area contributed by atoms with Gasteiger partial charge in [-0.15, -0.1) is 0 Å². The van der Waals surface area contributed by atoms with Gasteiger partial charge < -0.3 is 10.2 Å². The van der Waals surface area contributed by atoms with E-state index in [9.17, 15) is 19.2 Å². The molecule has 1 aliphatic heterocycles. The highest BCUT2D eigenvalue weighted by atomic mass is 19.1. The van der Waals surface area contributed by atoms with E-state index in [2.05, 4.69) is 25.2 Å². The van der Waals surface area contributed by atoms with Crippen molar-refractivity contribution >= 4 is 11.8 Å². The molecule has 1 fully saturated rings. The first-order chi connectivity index (χ1) is 17.6. The molecule has 0 bridgehead atoms. The molecule has 0 radical (unpaired) electrons. The number of nitriles is 1. The Kier molecular flexibility index (Phi) is 9.48. The van der Waals surface area contributed by atoms with Gasteiger partial charge in [0, 0.05) is 18.5 Å². The SMILES string of the molecule is CC(C)[C@@](C#N)(CCCCC(=O)N1CCC[C@@H]1C(=O)NC(C)(C)Cc1ccc(F)cc1)c1ccccc1. The molecule has 2 amide bonds. The summed E-state index contributed by atoms with van der Waals surface area (Å²) >= 11 is 0. The third-order valence-corrected chi connectivity index (χ3v) is 7.58. The maximum atomic E-state index is 13.2.